The Hall–Kier alpha value is -1.96. The molecule has 0 radical (unpaired) electrons. The average Bonchev–Trinajstić information content (AvgIpc) is 2.83. The summed E-state index contributed by atoms with van der Waals surface area (Å²) < 4.78 is 2.33. The minimum atomic E-state index is -0.458. The van der Waals surface area contributed by atoms with Crippen LogP contribution in [-0.2, 0) is 6.54 Å². The van der Waals surface area contributed by atoms with Gasteiger partial charge in [0.25, 0.3) is 0 Å². The van der Waals surface area contributed by atoms with Crippen molar-refractivity contribution in [1.82, 2.24) is 14.8 Å². The van der Waals surface area contributed by atoms with E-state index >= 15 is 0 Å². The van der Waals surface area contributed by atoms with E-state index in [0.717, 1.165) is 0 Å². The number of halogens is 1. The number of hydrogen-bond donors (Lipinski definition) is 1. The number of anilines is 1. The number of hydrogen-bond acceptors (Lipinski definition) is 5. The van der Waals surface area contributed by atoms with E-state index in [-0.39, 0.29) is 17.5 Å². The van der Waals surface area contributed by atoms with Gasteiger partial charge >= 0.3 is 5.69 Å². The molecule has 0 saturated heterocycles. The van der Waals surface area contributed by atoms with Crippen molar-refractivity contribution >= 4 is 27.4 Å². The van der Waals surface area contributed by atoms with Crippen LogP contribution in [0.1, 0.15) is 6.92 Å². The quantitative estimate of drug-likeness (QED) is 0.674. The summed E-state index contributed by atoms with van der Waals surface area (Å²) in [5.41, 5.74) is -0.0540. The van der Waals surface area contributed by atoms with Gasteiger partial charge in [0.15, 0.2) is 0 Å². The number of pyridine rings is 1. The fraction of sp³-hybridized carbons (Fsp3) is 0.273. The SMILES string of the molecule is CC(Cn1cccn1)Nc1ncc(Br)cc1[N+](=O)[O-]. The molecular formula is C11H12BrN5O2. The topological polar surface area (TPSA) is 85.9 Å². The molecule has 7 nitrogen and oxygen atoms in total. The molecule has 0 aliphatic carbocycles. The highest BCUT2D eigenvalue weighted by Crippen LogP contribution is 2.25. The maximum atomic E-state index is 11.0. The molecule has 2 heterocycles. The van der Waals surface area contributed by atoms with Crippen molar-refractivity contribution in [1.29, 1.82) is 0 Å². The summed E-state index contributed by atoms with van der Waals surface area (Å²) in [4.78, 5) is 14.5. The Morgan fingerprint density at radius 1 is 1.63 bits per heavy atom. The van der Waals surface area contributed by atoms with Crippen molar-refractivity contribution in [2.24, 2.45) is 0 Å². The van der Waals surface area contributed by atoms with Crippen molar-refractivity contribution in [3.8, 4) is 0 Å². The van der Waals surface area contributed by atoms with Gasteiger partial charge < -0.3 is 5.32 Å². The fourth-order valence-electron chi connectivity index (χ4n) is 1.65. The van der Waals surface area contributed by atoms with Crippen LogP contribution in [-0.4, -0.2) is 25.7 Å². The maximum absolute atomic E-state index is 11.0. The van der Waals surface area contributed by atoms with E-state index in [1.165, 1.54) is 12.3 Å². The molecule has 0 aromatic carbocycles. The molecular weight excluding hydrogens is 314 g/mol. The molecule has 0 bridgehead atoms. The molecule has 0 amide bonds. The number of nitro groups is 1. The van der Waals surface area contributed by atoms with E-state index in [1.54, 1.807) is 10.9 Å². The zero-order chi connectivity index (χ0) is 13.8. The van der Waals surface area contributed by atoms with Crippen molar-refractivity contribution in [3.05, 3.63) is 45.3 Å². The van der Waals surface area contributed by atoms with E-state index < -0.39 is 4.92 Å². The van der Waals surface area contributed by atoms with Gasteiger partial charge in [0.05, 0.1) is 11.5 Å². The van der Waals surface area contributed by atoms with Gasteiger partial charge in [0.2, 0.25) is 5.82 Å². The first kappa shape index (κ1) is 13.5. The number of aromatic nitrogens is 3. The molecule has 1 atom stereocenters. The van der Waals surface area contributed by atoms with Gasteiger partial charge in [0, 0.05) is 35.2 Å². The summed E-state index contributed by atoms with van der Waals surface area (Å²) in [6, 6.07) is 3.22. The summed E-state index contributed by atoms with van der Waals surface area (Å²) in [5.74, 6) is 0.257. The molecule has 8 heteroatoms. The predicted octanol–water partition coefficient (Wildman–Crippen LogP) is 2.45. The van der Waals surface area contributed by atoms with Crippen LogP contribution >= 0.6 is 15.9 Å². The minimum Gasteiger partial charge on any atom is -0.360 e. The van der Waals surface area contributed by atoms with Gasteiger partial charge in [-0.3, -0.25) is 14.8 Å². The zero-order valence-corrected chi connectivity index (χ0v) is 11.7. The van der Waals surface area contributed by atoms with Crippen LogP contribution in [0.4, 0.5) is 11.5 Å². The summed E-state index contributed by atoms with van der Waals surface area (Å²) in [5, 5.41) is 18.1. The van der Waals surface area contributed by atoms with Gasteiger partial charge in [-0.2, -0.15) is 5.10 Å². The minimum absolute atomic E-state index is 0.0349. The lowest BCUT2D eigenvalue weighted by Crippen LogP contribution is -2.23. The summed E-state index contributed by atoms with van der Waals surface area (Å²) in [6.07, 6.45) is 5.05. The van der Waals surface area contributed by atoms with Crippen LogP contribution in [0, 0.1) is 10.1 Å². The lowest BCUT2D eigenvalue weighted by molar-refractivity contribution is -0.384. The largest absolute Gasteiger partial charge is 0.360 e. The van der Waals surface area contributed by atoms with Crippen LogP contribution < -0.4 is 5.32 Å². The molecule has 2 rings (SSSR count). The fourth-order valence-corrected chi connectivity index (χ4v) is 1.97. The lowest BCUT2D eigenvalue weighted by Gasteiger charge is -2.14. The van der Waals surface area contributed by atoms with E-state index in [2.05, 4.69) is 31.3 Å². The number of rotatable bonds is 5. The molecule has 2 aromatic heterocycles. The van der Waals surface area contributed by atoms with Gasteiger partial charge in [-0.1, -0.05) is 0 Å². The Morgan fingerprint density at radius 3 is 3.05 bits per heavy atom. The Balaban J connectivity index is 2.12. The molecule has 2 aromatic rings. The van der Waals surface area contributed by atoms with Crippen LogP contribution in [0.2, 0.25) is 0 Å². The molecule has 19 heavy (non-hydrogen) atoms. The smallest absolute Gasteiger partial charge is 0.312 e. The Kier molecular flexibility index (Phi) is 4.10. The standard InChI is InChI=1S/C11H12BrN5O2/c1-8(7-16-4-2-3-14-16)15-11-10(17(18)19)5-9(12)6-13-11/h2-6,8H,7H2,1H3,(H,13,15). The zero-order valence-electron chi connectivity index (χ0n) is 10.2. The normalized spacial score (nSPS) is 12.1. The Bertz CT molecular complexity index is 572. The first-order valence-electron chi connectivity index (χ1n) is 5.60. The molecule has 0 aliphatic heterocycles. The van der Waals surface area contributed by atoms with Crippen LogP contribution in [0.3, 0.4) is 0 Å². The number of nitrogens with one attached hydrogen (secondary N) is 1. The third-order valence-corrected chi connectivity index (χ3v) is 2.87. The van der Waals surface area contributed by atoms with Crippen molar-refractivity contribution in [2.75, 3.05) is 5.32 Å². The Morgan fingerprint density at radius 2 is 2.42 bits per heavy atom. The van der Waals surface area contributed by atoms with E-state index in [0.29, 0.717) is 11.0 Å². The van der Waals surface area contributed by atoms with Gasteiger partial charge in [-0.15, -0.1) is 0 Å². The summed E-state index contributed by atoms with van der Waals surface area (Å²) in [7, 11) is 0. The summed E-state index contributed by atoms with van der Waals surface area (Å²) >= 11 is 3.17. The number of nitrogens with zero attached hydrogens (tertiary/aromatic N) is 4. The average molecular weight is 326 g/mol. The van der Waals surface area contributed by atoms with Gasteiger partial charge in [0.1, 0.15) is 0 Å². The lowest BCUT2D eigenvalue weighted by atomic mass is 10.3. The van der Waals surface area contributed by atoms with Crippen molar-refractivity contribution in [3.63, 3.8) is 0 Å². The molecule has 100 valence electrons. The Labute approximate surface area is 117 Å². The highest BCUT2D eigenvalue weighted by molar-refractivity contribution is 9.10. The molecule has 1 N–H and O–H groups in total. The third kappa shape index (κ3) is 3.50. The second-order valence-corrected chi connectivity index (χ2v) is 4.97. The van der Waals surface area contributed by atoms with Crippen LogP contribution in [0.25, 0.3) is 0 Å². The maximum Gasteiger partial charge on any atom is 0.312 e. The second-order valence-electron chi connectivity index (χ2n) is 4.05. The van der Waals surface area contributed by atoms with Crippen molar-refractivity contribution in [2.45, 2.75) is 19.5 Å². The predicted molar refractivity (Wildman–Crippen MR) is 73.9 cm³/mol. The van der Waals surface area contributed by atoms with E-state index in [9.17, 15) is 10.1 Å². The molecule has 0 saturated carbocycles. The van der Waals surface area contributed by atoms with E-state index in [1.807, 2.05) is 19.2 Å². The third-order valence-electron chi connectivity index (χ3n) is 2.43. The van der Waals surface area contributed by atoms with Crippen molar-refractivity contribution < 1.29 is 4.92 Å². The highest BCUT2D eigenvalue weighted by Gasteiger charge is 2.17. The monoisotopic (exact) mass is 325 g/mol. The van der Waals surface area contributed by atoms with Crippen LogP contribution in [0.5, 0.6) is 0 Å². The molecule has 0 aliphatic rings. The van der Waals surface area contributed by atoms with Crippen LogP contribution in [0.15, 0.2) is 35.2 Å². The van der Waals surface area contributed by atoms with E-state index in [4.69, 9.17) is 0 Å². The van der Waals surface area contributed by atoms with Gasteiger partial charge in [-0.25, -0.2) is 4.98 Å². The molecule has 0 spiro atoms. The second kappa shape index (κ2) is 5.79. The van der Waals surface area contributed by atoms with Gasteiger partial charge in [-0.05, 0) is 28.9 Å². The first-order chi connectivity index (χ1) is 9.06. The summed E-state index contributed by atoms with van der Waals surface area (Å²) in [6.45, 7) is 2.51. The molecule has 0 fully saturated rings. The highest BCUT2D eigenvalue weighted by atomic mass is 79.9. The first-order valence-corrected chi connectivity index (χ1v) is 6.39. The molecule has 1 unspecified atom stereocenters.